The summed E-state index contributed by atoms with van der Waals surface area (Å²) in [6.07, 6.45) is 0. The van der Waals surface area contributed by atoms with E-state index in [0.717, 1.165) is 21.5 Å². The Morgan fingerprint density at radius 3 is 2.71 bits per heavy atom. The lowest BCUT2D eigenvalue weighted by Crippen LogP contribution is -2.06. The Morgan fingerprint density at radius 1 is 1.24 bits per heavy atom. The number of benzene rings is 2. The minimum Gasteiger partial charge on any atom is -0.494 e. The summed E-state index contributed by atoms with van der Waals surface area (Å²) in [6.45, 7) is 4.68. The van der Waals surface area contributed by atoms with Crippen molar-refractivity contribution in [3.63, 3.8) is 0 Å². The van der Waals surface area contributed by atoms with E-state index in [1.165, 1.54) is 10.5 Å². The molecule has 0 amide bonds. The molecule has 2 aromatic carbocycles. The van der Waals surface area contributed by atoms with Crippen LogP contribution in [0.1, 0.15) is 31.0 Å². The molecule has 0 saturated heterocycles. The Kier molecular flexibility index (Phi) is 6.15. The Morgan fingerprint density at radius 2 is 2.05 bits per heavy atom. The summed E-state index contributed by atoms with van der Waals surface area (Å²) in [5.41, 5.74) is 8.31. The van der Waals surface area contributed by atoms with Crippen molar-refractivity contribution in [1.82, 2.24) is 0 Å². The van der Waals surface area contributed by atoms with Crippen LogP contribution in [0.15, 0.2) is 51.8 Å². The summed E-state index contributed by atoms with van der Waals surface area (Å²) in [5.74, 6) is 1.82. The third kappa shape index (κ3) is 4.77. The predicted octanol–water partition coefficient (Wildman–Crippen LogP) is 5.16. The zero-order valence-electron chi connectivity index (χ0n) is 12.3. The van der Waals surface area contributed by atoms with Gasteiger partial charge in [-0.15, -0.1) is 11.8 Å². The summed E-state index contributed by atoms with van der Waals surface area (Å²) in [7, 11) is 0. The van der Waals surface area contributed by atoms with Crippen LogP contribution < -0.4 is 10.5 Å². The second kappa shape index (κ2) is 7.87. The Hall–Kier alpha value is -0.970. The number of hydrogen-bond donors (Lipinski definition) is 1. The van der Waals surface area contributed by atoms with E-state index in [-0.39, 0.29) is 6.04 Å². The third-order valence-corrected chi connectivity index (χ3v) is 4.64. The van der Waals surface area contributed by atoms with Gasteiger partial charge < -0.3 is 10.5 Å². The van der Waals surface area contributed by atoms with Gasteiger partial charge in [0.2, 0.25) is 0 Å². The fourth-order valence-corrected chi connectivity index (χ4v) is 3.49. The average Bonchev–Trinajstić information content (AvgIpc) is 2.46. The lowest BCUT2D eigenvalue weighted by atomic mass is 10.1. The summed E-state index contributed by atoms with van der Waals surface area (Å²) in [5, 5.41) is 0. The highest BCUT2D eigenvalue weighted by Crippen LogP contribution is 2.31. The Labute approximate surface area is 139 Å². The summed E-state index contributed by atoms with van der Waals surface area (Å²) in [6, 6.07) is 14.6. The normalized spacial score (nSPS) is 12.2. The van der Waals surface area contributed by atoms with Crippen LogP contribution in [0.5, 0.6) is 5.75 Å². The molecule has 1 atom stereocenters. The minimum absolute atomic E-state index is 0.0373. The van der Waals surface area contributed by atoms with Crippen molar-refractivity contribution < 1.29 is 4.74 Å². The highest BCUT2D eigenvalue weighted by molar-refractivity contribution is 9.10. The molecule has 21 heavy (non-hydrogen) atoms. The second-order valence-electron chi connectivity index (χ2n) is 4.83. The van der Waals surface area contributed by atoms with E-state index in [4.69, 9.17) is 10.5 Å². The lowest BCUT2D eigenvalue weighted by Gasteiger charge is -2.14. The quantitative estimate of drug-likeness (QED) is 0.718. The van der Waals surface area contributed by atoms with Gasteiger partial charge in [0.05, 0.1) is 6.61 Å². The van der Waals surface area contributed by atoms with Crippen molar-refractivity contribution in [3.8, 4) is 5.75 Å². The maximum atomic E-state index is 5.98. The Balaban J connectivity index is 2.18. The zero-order valence-corrected chi connectivity index (χ0v) is 14.7. The van der Waals surface area contributed by atoms with Crippen LogP contribution >= 0.6 is 27.7 Å². The molecule has 0 aliphatic rings. The molecule has 2 rings (SSSR count). The summed E-state index contributed by atoms with van der Waals surface area (Å²) in [4.78, 5) is 1.23. The molecule has 1 unspecified atom stereocenters. The maximum absolute atomic E-state index is 5.98. The Bertz CT molecular complexity index is 601. The first-order chi connectivity index (χ1) is 10.1. The van der Waals surface area contributed by atoms with Crippen LogP contribution in [0.4, 0.5) is 0 Å². The van der Waals surface area contributed by atoms with Gasteiger partial charge >= 0.3 is 0 Å². The molecule has 0 heterocycles. The monoisotopic (exact) mass is 365 g/mol. The van der Waals surface area contributed by atoms with Crippen LogP contribution in [0, 0.1) is 0 Å². The average molecular weight is 366 g/mol. The molecule has 0 aromatic heterocycles. The van der Waals surface area contributed by atoms with Gasteiger partial charge in [-0.2, -0.15) is 0 Å². The molecule has 2 aromatic rings. The van der Waals surface area contributed by atoms with E-state index in [0.29, 0.717) is 6.61 Å². The van der Waals surface area contributed by atoms with Gasteiger partial charge in [0.15, 0.2) is 0 Å². The van der Waals surface area contributed by atoms with Crippen LogP contribution in [0.25, 0.3) is 0 Å². The number of nitrogens with two attached hydrogens (primary N) is 1. The fourth-order valence-electron chi connectivity index (χ4n) is 2.01. The van der Waals surface area contributed by atoms with Crippen molar-refractivity contribution in [2.75, 3.05) is 6.61 Å². The van der Waals surface area contributed by atoms with E-state index in [1.807, 2.05) is 38.1 Å². The number of rotatable bonds is 6. The van der Waals surface area contributed by atoms with Crippen LogP contribution in [0.3, 0.4) is 0 Å². The first-order valence-electron chi connectivity index (χ1n) is 6.99. The molecular weight excluding hydrogens is 346 g/mol. The third-order valence-electron chi connectivity index (χ3n) is 3.10. The van der Waals surface area contributed by atoms with Gasteiger partial charge in [-0.3, -0.25) is 0 Å². The molecule has 0 bridgehead atoms. The van der Waals surface area contributed by atoms with Crippen molar-refractivity contribution in [3.05, 3.63) is 58.1 Å². The maximum Gasteiger partial charge on any atom is 0.123 e. The van der Waals surface area contributed by atoms with E-state index >= 15 is 0 Å². The summed E-state index contributed by atoms with van der Waals surface area (Å²) >= 11 is 5.30. The smallest absolute Gasteiger partial charge is 0.123 e. The van der Waals surface area contributed by atoms with Crippen molar-refractivity contribution in [1.29, 1.82) is 0 Å². The minimum atomic E-state index is 0.0373. The topological polar surface area (TPSA) is 35.2 Å². The molecule has 0 fully saturated rings. The van der Waals surface area contributed by atoms with E-state index in [9.17, 15) is 0 Å². The van der Waals surface area contributed by atoms with Gasteiger partial charge in [0.25, 0.3) is 0 Å². The van der Waals surface area contributed by atoms with Crippen molar-refractivity contribution in [2.45, 2.75) is 30.5 Å². The zero-order chi connectivity index (χ0) is 15.2. The highest BCUT2D eigenvalue weighted by Gasteiger charge is 2.08. The van der Waals surface area contributed by atoms with E-state index in [2.05, 4.69) is 34.1 Å². The first kappa shape index (κ1) is 16.4. The fraction of sp³-hybridized carbons (Fsp3) is 0.294. The molecule has 0 aliphatic carbocycles. The molecule has 0 aliphatic heterocycles. The number of thioether (sulfide) groups is 1. The van der Waals surface area contributed by atoms with Crippen LogP contribution in [0.2, 0.25) is 0 Å². The number of halogens is 1. The predicted molar refractivity (Wildman–Crippen MR) is 93.9 cm³/mol. The van der Waals surface area contributed by atoms with Gasteiger partial charge in [-0.05, 0) is 49.7 Å². The van der Waals surface area contributed by atoms with Gasteiger partial charge in [0.1, 0.15) is 5.75 Å². The molecular formula is C17H20BrNOS. The van der Waals surface area contributed by atoms with Crippen LogP contribution in [-0.4, -0.2) is 6.61 Å². The van der Waals surface area contributed by atoms with Gasteiger partial charge in [-0.25, -0.2) is 0 Å². The molecule has 0 saturated carbocycles. The first-order valence-corrected chi connectivity index (χ1v) is 8.77. The molecule has 112 valence electrons. The summed E-state index contributed by atoms with van der Waals surface area (Å²) < 4.78 is 6.82. The van der Waals surface area contributed by atoms with Crippen molar-refractivity contribution in [2.24, 2.45) is 5.73 Å². The van der Waals surface area contributed by atoms with Crippen LogP contribution in [-0.2, 0) is 5.75 Å². The van der Waals surface area contributed by atoms with Gasteiger partial charge in [0, 0.05) is 26.7 Å². The largest absolute Gasteiger partial charge is 0.494 e. The lowest BCUT2D eigenvalue weighted by molar-refractivity contribution is 0.337. The molecule has 0 spiro atoms. The van der Waals surface area contributed by atoms with Crippen molar-refractivity contribution >= 4 is 27.7 Å². The van der Waals surface area contributed by atoms with Gasteiger partial charge in [-0.1, -0.05) is 28.1 Å². The molecule has 0 radical (unpaired) electrons. The number of ether oxygens (including phenoxy) is 1. The molecule has 2 N–H and O–H groups in total. The molecule has 2 nitrogen and oxygen atoms in total. The standard InChI is InChI=1S/C17H20BrNOS/c1-3-20-17-8-7-13(12(2)19)9-14(17)11-21-16-6-4-5-15(18)10-16/h4-10,12H,3,11,19H2,1-2H3. The SMILES string of the molecule is CCOc1ccc(C(C)N)cc1CSc1cccc(Br)c1. The van der Waals surface area contributed by atoms with E-state index in [1.54, 1.807) is 11.8 Å². The second-order valence-corrected chi connectivity index (χ2v) is 6.80. The highest BCUT2D eigenvalue weighted by atomic mass is 79.9. The number of hydrogen-bond acceptors (Lipinski definition) is 3. The molecule has 4 heteroatoms. The van der Waals surface area contributed by atoms with E-state index < -0.39 is 0 Å².